The lowest BCUT2D eigenvalue weighted by Gasteiger charge is -2.21. The van der Waals surface area contributed by atoms with Gasteiger partial charge in [-0.05, 0) is 19.3 Å². The van der Waals surface area contributed by atoms with Crippen LogP contribution in [0.4, 0.5) is 0 Å². The predicted octanol–water partition coefficient (Wildman–Crippen LogP) is 11.3. The molecule has 0 fully saturated rings. The number of aliphatic hydroxyl groups is 3. The van der Waals surface area contributed by atoms with Crippen LogP contribution in [0.15, 0.2) is 12.2 Å². The second kappa shape index (κ2) is 36.9. The Bertz CT molecular complexity index is 640. The van der Waals surface area contributed by atoms with Crippen molar-refractivity contribution >= 4 is 5.91 Å². The van der Waals surface area contributed by atoms with Gasteiger partial charge in [-0.1, -0.05) is 212 Å². The molecule has 3 unspecified atom stereocenters. The summed E-state index contributed by atoms with van der Waals surface area (Å²) in [6.45, 7) is 4.18. The molecule has 0 rings (SSSR count). The molecular weight excluding hydrogens is 570 g/mol. The number of rotatable bonds is 37. The van der Waals surface area contributed by atoms with Crippen LogP contribution < -0.4 is 5.32 Å². The van der Waals surface area contributed by atoms with Gasteiger partial charge in [-0.25, -0.2) is 0 Å². The first-order valence-corrected chi connectivity index (χ1v) is 20.5. The number of amides is 1. The van der Waals surface area contributed by atoms with E-state index < -0.39 is 24.2 Å². The van der Waals surface area contributed by atoms with Gasteiger partial charge in [0.1, 0.15) is 6.10 Å². The number of unbranched alkanes of at least 4 members (excludes halogenated alkanes) is 29. The molecule has 5 heteroatoms. The minimum absolute atomic E-state index is 0.359. The van der Waals surface area contributed by atoms with Gasteiger partial charge < -0.3 is 20.6 Å². The highest BCUT2D eigenvalue weighted by atomic mass is 16.3. The Balaban J connectivity index is 3.68. The molecule has 0 saturated heterocycles. The maximum Gasteiger partial charge on any atom is 0.249 e. The van der Waals surface area contributed by atoms with Crippen molar-refractivity contribution in [1.82, 2.24) is 5.32 Å². The Morgan fingerprint density at radius 1 is 0.522 bits per heavy atom. The van der Waals surface area contributed by atoms with E-state index in [1.807, 2.05) is 6.08 Å². The minimum atomic E-state index is -1.09. The number of carbonyl (C=O) groups is 1. The normalized spacial score (nSPS) is 13.8. The third-order valence-electron chi connectivity index (χ3n) is 9.63. The van der Waals surface area contributed by atoms with Crippen molar-refractivity contribution in [3.63, 3.8) is 0 Å². The minimum Gasteiger partial charge on any atom is -0.394 e. The lowest BCUT2D eigenvalue weighted by atomic mass is 10.0. The van der Waals surface area contributed by atoms with E-state index >= 15 is 0 Å². The molecule has 3 atom stereocenters. The zero-order chi connectivity index (χ0) is 33.8. The van der Waals surface area contributed by atoms with Crippen LogP contribution in [0, 0.1) is 0 Å². The highest BCUT2D eigenvalue weighted by Gasteiger charge is 2.22. The zero-order valence-electron chi connectivity index (χ0n) is 31.0. The number of carbonyl (C=O) groups excluding carboxylic acids is 1. The monoisotopic (exact) mass is 652 g/mol. The smallest absolute Gasteiger partial charge is 0.249 e. The summed E-state index contributed by atoms with van der Waals surface area (Å²) in [6.07, 6.45) is 42.3. The second-order valence-electron chi connectivity index (χ2n) is 14.2. The molecule has 0 saturated carbocycles. The molecule has 4 N–H and O–H groups in total. The molecule has 0 heterocycles. The van der Waals surface area contributed by atoms with Gasteiger partial charge in [0.05, 0.1) is 18.8 Å². The molecule has 0 aromatic rings. The number of hydrogen-bond acceptors (Lipinski definition) is 4. The summed E-state index contributed by atoms with van der Waals surface area (Å²) in [6, 6.07) is -0.791. The molecule has 0 aromatic carbocycles. The standard InChI is InChI=1S/C41H81NO4/c1-3-5-7-9-11-13-15-17-19-20-22-23-25-27-29-31-33-35-39(44)38(37-43)42-41(46)40(45)36-34-32-30-28-26-24-21-18-16-14-12-10-8-6-4-2/h33,35,38-40,43-45H,3-32,34,36-37H2,1-2H3,(H,42,46)/b35-33+. The Hall–Kier alpha value is -0.910. The van der Waals surface area contributed by atoms with Crippen molar-refractivity contribution in [1.29, 1.82) is 0 Å². The second-order valence-corrected chi connectivity index (χ2v) is 14.2. The molecule has 0 aliphatic carbocycles. The summed E-state index contributed by atoms with van der Waals surface area (Å²) >= 11 is 0. The summed E-state index contributed by atoms with van der Waals surface area (Å²) in [5.41, 5.74) is 0. The molecule has 0 bridgehead atoms. The van der Waals surface area contributed by atoms with Crippen LogP contribution in [0.25, 0.3) is 0 Å². The summed E-state index contributed by atoms with van der Waals surface area (Å²) in [7, 11) is 0. The lowest BCUT2D eigenvalue weighted by Crippen LogP contribution is -2.48. The van der Waals surface area contributed by atoms with Crippen molar-refractivity contribution in [2.24, 2.45) is 0 Å². The van der Waals surface area contributed by atoms with Gasteiger partial charge in [-0.15, -0.1) is 0 Å². The molecule has 274 valence electrons. The number of nitrogens with one attached hydrogen (secondary N) is 1. The summed E-state index contributed by atoms with van der Waals surface area (Å²) in [4.78, 5) is 12.4. The van der Waals surface area contributed by atoms with Gasteiger partial charge in [0.2, 0.25) is 5.91 Å². The van der Waals surface area contributed by atoms with E-state index in [1.165, 1.54) is 167 Å². The quantitative estimate of drug-likeness (QED) is 0.0397. The third kappa shape index (κ3) is 31.7. The van der Waals surface area contributed by atoms with Crippen molar-refractivity contribution in [3.05, 3.63) is 12.2 Å². The van der Waals surface area contributed by atoms with Crippen LogP contribution in [-0.2, 0) is 4.79 Å². The number of aliphatic hydroxyl groups excluding tert-OH is 3. The molecule has 0 aliphatic heterocycles. The van der Waals surface area contributed by atoms with Gasteiger partial charge in [0.15, 0.2) is 0 Å². The fraction of sp³-hybridized carbons (Fsp3) is 0.927. The van der Waals surface area contributed by atoms with E-state index in [2.05, 4.69) is 19.2 Å². The van der Waals surface area contributed by atoms with Crippen molar-refractivity contribution in [2.75, 3.05) is 6.61 Å². The lowest BCUT2D eigenvalue weighted by molar-refractivity contribution is -0.131. The van der Waals surface area contributed by atoms with Crippen LogP contribution >= 0.6 is 0 Å². The fourth-order valence-electron chi connectivity index (χ4n) is 6.36. The van der Waals surface area contributed by atoms with E-state index in [4.69, 9.17) is 0 Å². The van der Waals surface area contributed by atoms with Crippen molar-refractivity contribution in [2.45, 2.75) is 238 Å². The molecule has 1 amide bonds. The molecule has 46 heavy (non-hydrogen) atoms. The molecule has 0 aromatic heterocycles. The number of hydrogen-bond donors (Lipinski definition) is 4. The Kier molecular flexibility index (Phi) is 36.2. The van der Waals surface area contributed by atoms with E-state index in [0.717, 1.165) is 32.1 Å². The first-order valence-electron chi connectivity index (χ1n) is 20.5. The van der Waals surface area contributed by atoms with Gasteiger partial charge >= 0.3 is 0 Å². The third-order valence-corrected chi connectivity index (χ3v) is 9.63. The molecule has 0 aliphatic rings. The summed E-state index contributed by atoms with van der Waals surface area (Å²) in [5.74, 6) is -0.501. The van der Waals surface area contributed by atoms with Crippen LogP contribution in [0.5, 0.6) is 0 Å². The van der Waals surface area contributed by atoms with Gasteiger partial charge in [0, 0.05) is 0 Å². The van der Waals surface area contributed by atoms with E-state index in [0.29, 0.717) is 6.42 Å². The highest BCUT2D eigenvalue weighted by Crippen LogP contribution is 2.16. The van der Waals surface area contributed by atoms with Crippen molar-refractivity contribution in [3.8, 4) is 0 Å². The largest absolute Gasteiger partial charge is 0.394 e. The highest BCUT2D eigenvalue weighted by molar-refractivity contribution is 5.80. The van der Waals surface area contributed by atoms with E-state index in [9.17, 15) is 20.1 Å². The SMILES string of the molecule is CCCCCCCCCCCCCCCCC/C=C/C(O)C(CO)NC(=O)C(O)CCCCCCCCCCCCCCCCC. The van der Waals surface area contributed by atoms with E-state index in [-0.39, 0.29) is 6.61 Å². The average Bonchev–Trinajstić information content (AvgIpc) is 3.06. The Labute approximate surface area is 287 Å². The van der Waals surface area contributed by atoms with Gasteiger partial charge in [0.25, 0.3) is 0 Å². The maximum atomic E-state index is 12.4. The molecule has 0 radical (unpaired) electrons. The first-order chi connectivity index (χ1) is 22.6. The van der Waals surface area contributed by atoms with Crippen LogP contribution in [0.1, 0.15) is 219 Å². The molecular formula is C41H81NO4. The van der Waals surface area contributed by atoms with Gasteiger partial charge in [-0.2, -0.15) is 0 Å². The zero-order valence-corrected chi connectivity index (χ0v) is 31.0. The predicted molar refractivity (Wildman–Crippen MR) is 199 cm³/mol. The summed E-state index contributed by atoms with van der Waals surface area (Å²) < 4.78 is 0. The number of allylic oxidation sites excluding steroid dienone is 1. The molecule has 0 spiro atoms. The van der Waals surface area contributed by atoms with Crippen LogP contribution in [0.2, 0.25) is 0 Å². The first kappa shape index (κ1) is 45.1. The average molecular weight is 652 g/mol. The fourth-order valence-corrected chi connectivity index (χ4v) is 6.36. The topological polar surface area (TPSA) is 89.8 Å². The molecule has 5 nitrogen and oxygen atoms in total. The van der Waals surface area contributed by atoms with Crippen LogP contribution in [0.3, 0.4) is 0 Å². The Morgan fingerprint density at radius 2 is 0.848 bits per heavy atom. The van der Waals surface area contributed by atoms with Crippen molar-refractivity contribution < 1.29 is 20.1 Å². The Morgan fingerprint density at radius 3 is 1.20 bits per heavy atom. The van der Waals surface area contributed by atoms with E-state index in [1.54, 1.807) is 6.08 Å². The maximum absolute atomic E-state index is 12.4. The van der Waals surface area contributed by atoms with Crippen LogP contribution in [-0.4, -0.2) is 46.1 Å². The summed E-state index contributed by atoms with van der Waals surface area (Å²) in [5, 5.41) is 33.1. The van der Waals surface area contributed by atoms with Gasteiger partial charge in [-0.3, -0.25) is 4.79 Å².